The number of unbranched alkanes of at least 4 members (excludes halogenated alkanes) is 1. The highest BCUT2D eigenvalue weighted by molar-refractivity contribution is 4.78. The lowest BCUT2D eigenvalue weighted by Gasteiger charge is -2.27. The van der Waals surface area contributed by atoms with Crippen LogP contribution in [0.3, 0.4) is 0 Å². The summed E-state index contributed by atoms with van der Waals surface area (Å²) in [5.74, 6) is 0.592. The van der Waals surface area contributed by atoms with Crippen LogP contribution in [0.5, 0.6) is 0 Å². The standard InChI is InChI=1S/C9H22N2/c1-8(9(2,3)11)6-4-5-7-10/h8H,4-7,10-11H2,1-3H3/t8-/m1/s1. The molecule has 0 saturated heterocycles. The molecule has 0 rings (SSSR count). The van der Waals surface area contributed by atoms with E-state index in [1.807, 2.05) is 0 Å². The van der Waals surface area contributed by atoms with Gasteiger partial charge in [0.05, 0.1) is 0 Å². The topological polar surface area (TPSA) is 52.0 Å². The zero-order chi connectivity index (χ0) is 8.91. The normalized spacial score (nSPS) is 15.0. The van der Waals surface area contributed by atoms with Crippen LogP contribution in [-0.2, 0) is 0 Å². The van der Waals surface area contributed by atoms with Gasteiger partial charge in [-0.3, -0.25) is 0 Å². The molecule has 4 N–H and O–H groups in total. The molecule has 68 valence electrons. The van der Waals surface area contributed by atoms with Crippen LogP contribution >= 0.6 is 0 Å². The average Bonchev–Trinajstić information content (AvgIpc) is 1.86. The van der Waals surface area contributed by atoms with Crippen LogP contribution in [0.25, 0.3) is 0 Å². The molecule has 0 fully saturated rings. The number of nitrogens with two attached hydrogens (primary N) is 2. The number of rotatable bonds is 5. The SMILES string of the molecule is C[C@H](CCCCN)C(C)(C)N. The molecule has 0 spiro atoms. The first kappa shape index (κ1) is 10.9. The van der Waals surface area contributed by atoms with Crippen molar-refractivity contribution in [1.29, 1.82) is 0 Å². The molecule has 0 aliphatic heterocycles. The molecule has 0 radical (unpaired) electrons. The first-order valence-corrected chi connectivity index (χ1v) is 4.47. The van der Waals surface area contributed by atoms with Gasteiger partial charge in [-0.15, -0.1) is 0 Å². The van der Waals surface area contributed by atoms with Crippen molar-refractivity contribution in [2.45, 2.75) is 45.6 Å². The second kappa shape index (κ2) is 4.73. The van der Waals surface area contributed by atoms with E-state index in [4.69, 9.17) is 11.5 Å². The van der Waals surface area contributed by atoms with Gasteiger partial charge < -0.3 is 11.5 Å². The van der Waals surface area contributed by atoms with Crippen molar-refractivity contribution in [2.75, 3.05) is 6.54 Å². The van der Waals surface area contributed by atoms with Gasteiger partial charge in [0, 0.05) is 5.54 Å². The molecule has 0 aliphatic rings. The van der Waals surface area contributed by atoms with Crippen LogP contribution in [0.15, 0.2) is 0 Å². The van der Waals surface area contributed by atoms with Crippen molar-refractivity contribution >= 4 is 0 Å². The summed E-state index contributed by atoms with van der Waals surface area (Å²) in [5.41, 5.74) is 11.3. The maximum absolute atomic E-state index is 5.93. The van der Waals surface area contributed by atoms with Crippen LogP contribution in [0.4, 0.5) is 0 Å². The van der Waals surface area contributed by atoms with Gasteiger partial charge in [0.25, 0.3) is 0 Å². The van der Waals surface area contributed by atoms with Gasteiger partial charge in [-0.05, 0) is 39.2 Å². The Kier molecular flexibility index (Phi) is 4.69. The predicted molar refractivity (Wildman–Crippen MR) is 50.3 cm³/mol. The van der Waals surface area contributed by atoms with E-state index < -0.39 is 0 Å². The van der Waals surface area contributed by atoms with Crippen LogP contribution in [0.2, 0.25) is 0 Å². The van der Waals surface area contributed by atoms with Crippen molar-refractivity contribution in [3.63, 3.8) is 0 Å². The lowest BCUT2D eigenvalue weighted by molar-refractivity contribution is 0.318. The zero-order valence-electron chi connectivity index (χ0n) is 8.06. The van der Waals surface area contributed by atoms with Crippen LogP contribution in [-0.4, -0.2) is 12.1 Å². The molecule has 11 heavy (non-hydrogen) atoms. The highest BCUT2D eigenvalue weighted by Gasteiger charge is 2.19. The molecule has 0 amide bonds. The Morgan fingerprint density at radius 3 is 2.18 bits per heavy atom. The van der Waals surface area contributed by atoms with Crippen LogP contribution < -0.4 is 11.5 Å². The van der Waals surface area contributed by atoms with Gasteiger partial charge in [0.2, 0.25) is 0 Å². The monoisotopic (exact) mass is 158 g/mol. The molecule has 2 nitrogen and oxygen atoms in total. The van der Waals surface area contributed by atoms with Crippen LogP contribution in [0.1, 0.15) is 40.0 Å². The highest BCUT2D eigenvalue weighted by Crippen LogP contribution is 2.18. The van der Waals surface area contributed by atoms with Gasteiger partial charge in [-0.2, -0.15) is 0 Å². The molecular weight excluding hydrogens is 136 g/mol. The second-order valence-corrected chi connectivity index (χ2v) is 4.01. The van der Waals surface area contributed by atoms with E-state index in [1.165, 1.54) is 12.8 Å². The Labute approximate surface area is 70.3 Å². The summed E-state index contributed by atoms with van der Waals surface area (Å²) in [6.07, 6.45) is 3.53. The molecule has 0 unspecified atom stereocenters. The van der Waals surface area contributed by atoms with Gasteiger partial charge in [0.1, 0.15) is 0 Å². The smallest absolute Gasteiger partial charge is 0.0123 e. The van der Waals surface area contributed by atoms with Crippen molar-refractivity contribution in [3.8, 4) is 0 Å². The molecule has 0 aliphatic carbocycles. The van der Waals surface area contributed by atoms with Gasteiger partial charge in [0.15, 0.2) is 0 Å². The van der Waals surface area contributed by atoms with E-state index in [9.17, 15) is 0 Å². The molecule has 2 heteroatoms. The van der Waals surface area contributed by atoms with Crippen LogP contribution in [0, 0.1) is 5.92 Å². The summed E-state index contributed by atoms with van der Waals surface area (Å²) in [5, 5.41) is 0. The molecule has 0 saturated carbocycles. The third-order valence-electron chi connectivity index (χ3n) is 2.36. The highest BCUT2D eigenvalue weighted by atomic mass is 14.7. The first-order chi connectivity index (χ1) is 4.98. The third-order valence-corrected chi connectivity index (χ3v) is 2.36. The molecule has 0 aromatic rings. The van der Waals surface area contributed by atoms with Crippen molar-refractivity contribution < 1.29 is 0 Å². The Bertz CT molecular complexity index is 94.2. The third kappa shape index (κ3) is 5.22. The molecule has 1 atom stereocenters. The quantitative estimate of drug-likeness (QED) is 0.596. The minimum atomic E-state index is -0.0331. The van der Waals surface area contributed by atoms with E-state index in [0.29, 0.717) is 5.92 Å². The Morgan fingerprint density at radius 2 is 1.82 bits per heavy atom. The number of hydrogen-bond acceptors (Lipinski definition) is 2. The molecule has 0 heterocycles. The lowest BCUT2D eigenvalue weighted by Crippen LogP contribution is -2.39. The zero-order valence-corrected chi connectivity index (χ0v) is 8.06. The van der Waals surface area contributed by atoms with E-state index >= 15 is 0 Å². The lowest BCUT2D eigenvalue weighted by atomic mass is 9.86. The fraction of sp³-hybridized carbons (Fsp3) is 1.00. The average molecular weight is 158 g/mol. The fourth-order valence-corrected chi connectivity index (χ4v) is 0.967. The van der Waals surface area contributed by atoms with Crippen molar-refractivity contribution in [3.05, 3.63) is 0 Å². The van der Waals surface area contributed by atoms with E-state index in [-0.39, 0.29) is 5.54 Å². The second-order valence-electron chi connectivity index (χ2n) is 4.01. The summed E-state index contributed by atoms with van der Waals surface area (Å²) in [4.78, 5) is 0. The van der Waals surface area contributed by atoms with E-state index in [2.05, 4.69) is 20.8 Å². The summed E-state index contributed by atoms with van der Waals surface area (Å²) in [6.45, 7) is 7.18. The summed E-state index contributed by atoms with van der Waals surface area (Å²) < 4.78 is 0. The predicted octanol–water partition coefficient (Wildman–Crippen LogP) is 1.49. The minimum Gasteiger partial charge on any atom is -0.330 e. The summed E-state index contributed by atoms with van der Waals surface area (Å²) in [6, 6.07) is 0. The van der Waals surface area contributed by atoms with E-state index in [0.717, 1.165) is 13.0 Å². The largest absolute Gasteiger partial charge is 0.330 e. The summed E-state index contributed by atoms with van der Waals surface area (Å²) >= 11 is 0. The van der Waals surface area contributed by atoms with E-state index in [1.54, 1.807) is 0 Å². The maximum Gasteiger partial charge on any atom is 0.0123 e. The number of hydrogen-bond donors (Lipinski definition) is 2. The van der Waals surface area contributed by atoms with Gasteiger partial charge in [-0.1, -0.05) is 13.3 Å². The Morgan fingerprint density at radius 1 is 1.27 bits per heavy atom. The maximum atomic E-state index is 5.93. The molecular formula is C9H22N2. The fourth-order valence-electron chi connectivity index (χ4n) is 0.967. The summed E-state index contributed by atoms with van der Waals surface area (Å²) in [7, 11) is 0. The Balaban J connectivity index is 3.44. The van der Waals surface area contributed by atoms with Crippen molar-refractivity contribution in [2.24, 2.45) is 17.4 Å². The van der Waals surface area contributed by atoms with Gasteiger partial charge >= 0.3 is 0 Å². The van der Waals surface area contributed by atoms with Crippen molar-refractivity contribution in [1.82, 2.24) is 0 Å². The van der Waals surface area contributed by atoms with Gasteiger partial charge in [-0.25, -0.2) is 0 Å². The molecule has 0 aromatic heterocycles. The molecule has 0 bridgehead atoms. The molecule has 0 aromatic carbocycles. The Hall–Kier alpha value is -0.0800. The first-order valence-electron chi connectivity index (χ1n) is 4.47. The minimum absolute atomic E-state index is 0.0331.